The van der Waals surface area contributed by atoms with Gasteiger partial charge in [0.25, 0.3) is 0 Å². The van der Waals surface area contributed by atoms with Gasteiger partial charge in [-0.05, 0) is 12.5 Å². The summed E-state index contributed by atoms with van der Waals surface area (Å²) in [6.07, 6.45) is 0.606. The number of hydrogen-bond donors (Lipinski definition) is 1. The van der Waals surface area contributed by atoms with Crippen molar-refractivity contribution in [1.82, 2.24) is 14.7 Å². The molecule has 0 radical (unpaired) electrons. The zero-order chi connectivity index (χ0) is 24.0. The van der Waals surface area contributed by atoms with Crippen LogP contribution in [0.5, 0.6) is 0 Å². The van der Waals surface area contributed by atoms with E-state index in [9.17, 15) is 22.8 Å². The van der Waals surface area contributed by atoms with Gasteiger partial charge >= 0.3 is 12.1 Å². The Morgan fingerprint density at radius 2 is 1.82 bits per heavy atom. The maximum atomic E-state index is 13.5. The fraction of sp³-hybridized carbons (Fsp3) is 0.261. The van der Waals surface area contributed by atoms with E-state index in [-0.39, 0.29) is 24.8 Å². The number of halogens is 3. The maximum absolute atomic E-state index is 13.5. The number of ether oxygens (including phenoxy) is 1. The van der Waals surface area contributed by atoms with Crippen LogP contribution in [0.3, 0.4) is 0 Å². The van der Waals surface area contributed by atoms with Gasteiger partial charge in [-0.3, -0.25) is 9.58 Å². The normalized spacial score (nSPS) is 19.7. The quantitative estimate of drug-likeness (QED) is 0.573. The zero-order valence-electron chi connectivity index (χ0n) is 18.0. The second-order valence-corrected chi connectivity index (χ2v) is 8.21. The second kappa shape index (κ2) is 8.40. The Kier molecular flexibility index (Phi) is 5.39. The summed E-state index contributed by atoms with van der Waals surface area (Å²) in [5.41, 5.74) is 1.80. The van der Waals surface area contributed by atoms with Crippen molar-refractivity contribution >= 4 is 23.5 Å². The van der Waals surface area contributed by atoms with E-state index in [4.69, 9.17) is 4.74 Å². The van der Waals surface area contributed by atoms with Gasteiger partial charge in [-0.1, -0.05) is 30.3 Å². The first kappa shape index (κ1) is 21.8. The van der Waals surface area contributed by atoms with Crippen LogP contribution < -0.4 is 10.2 Å². The average Bonchev–Trinajstić information content (AvgIpc) is 3.40. The number of nitrogens with zero attached hydrogens (tertiary/aromatic N) is 4. The van der Waals surface area contributed by atoms with E-state index >= 15 is 0 Å². The van der Waals surface area contributed by atoms with E-state index in [0.717, 1.165) is 5.56 Å². The van der Waals surface area contributed by atoms with Crippen LogP contribution in [-0.4, -0.2) is 39.4 Å². The molecular weight excluding hydrogens is 451 g/mol. The monoisotopic (exact) mass is 471 g/mol. The molecule has 11 heteroatoms. The van der Waals surface area contributed by atoms with Gasteiger partial charge in [-0.2, -0.15) is 5.10 Å². The molecule has 1 unspecified atom stereocenters. The minimum absolute atomic E-state index is 0.0915. The summed E-state index contributed by atoms with van der Waals surface area (Å²) in [5.74, 6) is -4.41. The summed E-state index contributed by atoms with van der Waals surface area (Å²) in [5, 5.41) is 6.77. The number of aromatic nitrogens is 2. The smallest absolute Gasteiger partial charge is 0.415 e. The zero-order valence-corrected chi connectivity index (χ0v) is 18.0. The second-order valence-electron chi connectivity index (χ2n) is 8.21. The lowest BCUT2D eigenvalue weighted by atomic mass is 10.1. The largest absolute Gasteiger partial charge is 0.439 e. The lowest BCUT2D eigenvalue weighted by Gasteiger charge is -2.34. The van der Waals surface area contributed by atoms with Gasteiger partial charge in [0, 0.05) is 17.8 Å². The maximum Gasteiger partial charge on any atom is 0.415 e. The molecule has 3 amide bonds. The molecule has 0 bridgehead atoms. The fourth-order valence-corrected chi connectivity index (χ4v) is 4.21. The Hall–Kier alpha value is -4.02. The minimum Gasteiger partial charge on any atom is -0.439 e. The number of carbonyl (C=O) groups is 2. The molecule has 0 aliphatic carbocycles. The van der Waals surface area contributed by atoms with Gasteiger partial charge in [0.05, 0.1) is 43.3 Å². The molecule has 3 aromatic rings. The summed E-state index contributed by atoms with van der Waals surface area (Å²) < 4.78 is 47.6. The van der Waals surface area contributed by atoms with Gasteiger partial charge in [-0.15, -0.1) is 0 Å². The number of hydrogen-bond acceptors (Lipinski definition) is 4. The molecule has 5 rings (SSSR count). The third-order valence-corrected chi connectivity index (χ3v) is 5.99. The Bertz CT molecular complexity index is 1240. The van der Waals surface area contributed by atoms with Crippen molar-refractivity contribution in [2.24, 2.45) is 0 Å². The number of benzene rings is 2. The number of fused-ring (bicyclic) bond motifs is 1. The topological polar surface area (TPSA) is 79.7 Å². The van der Waals surface area contributed by atoms with Crippen LogP contribution in [0, 0.1) is 17.5 Å². The molecule has 1 saturated heterocycles. The number of carbonyl (C=O) groups excluding carboxylic acids is 2. The standard InChI is InChI=1S/C23H20F3N5O3/c1-13-10-31-19(11-29(13)22(32)28-15-7-16(24)21(26)17(25)8-15)18(9-27-31)30-12-20(34-23(30)33)14-5-3-2-4-6-14/h2-9,13,20H,10-12H2,1H3,(H,28,32)/t13-,20?/m0/s1. The molecule has 2 atom stereocenters. The first-order chi connectivity index (χ1) is 16.3. The van der Waals surface area contributed by atoms with E-state index in [0.29, 0.717) is 30.1 Å². The first-order valence-electron chi connectivity index (χ1n) is 10.6. The molecule has 1 fully saturated rings. The number of urea groups is 1. The molecule has 2 aliphatic heterocycles. The Labute approximate surface area is 192 Å². The number of rotatable bonds is 3. The predicted molar refractivity (Wildman–Crippen MR) is 116 cm³/mol. The van der Waals surface area contributed by atoms with Crippen molar-refractivity contribution in [1.29, 1.82) is 0 Å². The Balaban J connectivity index is 1.36. The van der Waals surface area contributed by atoms with Crippen LogP contribution in [-0.2, 0) is 17.8 Å². The average molecular weight is 471 g/mol. The highest BCUT2D eigenvalue weighted by molar-refractivity contribution is 5.92. The summed E-state index contributed by atoms with van der Waals surface area (Å²) >= 11 is 0. The van der Waals surface area contributed by atoms with E-state index in [1.165, 1.54) is 9.80 Å². The van der Waals surface area contributed by atoms with Crippen LogP contribution >= 0.6 is 0 Å². The Morgan fingerprint density at radius 3 is 2.53 bits per heavy atom. The van der Waals surface area contributed by atoms with Gasteiger partial charge in [-0.25, -0.2) is 22.8 Å². The highest BCUT2D eigenvalue weighted by Gasteiger charge is 2.38. The highest BCUT2D eigenvalue weighted by Crippen LogP contribution is 2.34. The lowest BCUT2D eigenvalue weighted by Crippen LogP contribution is -2.47. The van der Waals surface area contributed by atoms with Crippen LogP contribution in [0.2, 0.25) is 0 Å². The van der Waals surface area contributed by atoms with Crippen LogP contribution in [0.4, 0.5) is 34.1 Å². The molecule has 8 nitrogen and oxygen atoms in total. The van der Waals surface area contributed by atoms with E-state index in [1.54, 1.807) is 17.8 Å². The summed E-state index contributed by atoms with van der Waals surface area (Å²) in [6, 6.07) is 9.86. The molecule has 1 aromatic heterocycles. The molecule has 34 heavy (non-hydrogen) atoms. The predicted octanol–water partition coefficient (Wildman–Crippen LogP) is 4.43. The molecule has 1 N–H and O–H groups in total. The van der Waals surface area contributed by atoms with Gasteiger partial charge < -0.3 is 15.0 Å². The molecule has 3 heterocycles. The van der Waals surface area contributed by atoms with Crippen molar-refractivity contribution in [2.75, 3.05) is 16.8 Å². The molecule has 2 aromatic carbocycles. The molecular formula is C23H20F3N5O3. The third kappa shape index (κ3) is 3.82. The number of cyclic esters (lactones) is 1. The van der Waals surface area contributed by atoms with Gasteiger partial charge in [0.2, 0.25) is 0 Å². The van der Waals surface area contributed by atoms with Gasteiger partial charge in [0.15, 0.2) is 17.5 Å². The SMILES string of the molecule is C[C@H]1Cn2ncc(N3CC(c4ccccc4)OC3=O)c2CN1C(=O)Nc1cc(F)c(F)c(F)c1. The highest BCUT2D eigenvalue weighted by atomic mass is 19.2. The van der Waals surface area contributed by atoms with E-state index < -0.39 is 35.7 Å². The first-order valence-corrected chi connectivity index (χ1v) is 10.6. The lowest BCUT2D eigenvalue weighted by molar-refractivity contribution is 0.142. The van der Waals surface area contributed by atoms with Crippen molar-refractivity contribution in [3.8, 4) is 0 Å². The molecule has 176 valence electrons. The number of nitrogens with one attached hydrogen (secondary N) is 1. The van der Waals surface area contributed by atoms with Crippen LogP contribution in [0.15, 0.2) is 48.7 Å². The van der Waals surface area contributed by atoms with Crippen molar-refractivity contribution in [2.45, 2.75) is 32.2 Å². The van der Waals surface area contributed by atoms with E-state index in [2.05, 4.69) is 10.4 Å². The van der Waals surface area contributed by atoms with Crippen molar-refractivity contribution < 1.29 is 27.5 Å². The molecule has 0 saturated carbocycles. The van der Waals surface area contributed by atoms with Crippen molar-refractivity contribution in [3.05, 3.63) is 77.4 Å². The third-order valence-electron chi connectivity index (χ3n) is 5.99. The molecule has 0 spiro atoms. The Morgan fingerprint density at radius 1 is 1.12 bits per heavy atom. The summed E-state index contributed by atoms with van der Waals surface area (Å²) in [7, 11) is 0. The van der Waals surface area contributed by atoms with Crippen molar-refractivity contribution in [3.63, 3.8) is 0 Å². The van der Waals surface area contributed by atoms with Crippen LogP contribution in [0.25, 0.3) is 0 Å². The fourth-order valence-electron chi connectivity index (χ4n) is 4.21. The summed E-state index contributed by atoms with van der Waals surface area (Å²) in [4.78, 5) is 28.5. The number of anilines is 2. The van der Waals surface area contributed by atoms with E-state index in [1.807, 2.05) is 30.3 Å². The summed E-state index contributed by atoms with van der Waals surface area (Å²) in [6.45, 7) is 2.52. The van der Waals surface area contributed by atoms with Gasteiger partial charge in [0.1, 0.15) is 6.10 Å². The number of amides is 3. The van der Waals surface area contributed by atoms with Crippen LogP contribution in [0.1, 0.15) is 24.3 Å². The molecule has 2 aliphatic rings. The minimum atomic E-state index is -1.61.